The number of pyridine rings is 2. The fraction of sp³-hybridized carbons (Fsp3) is 0.333. The van der Waals surface area contributed by atoms with Gasteiger partial charge in [-0.15, -0.1) is 0 Å². The van der Waals surface area contributed by atoms with Gasteiger partial charge in [-0.05, 0) is 66.6 Å². The third kappa shape index (κ3) is 2.91. The molecule has 5 rings (SSSR count). The van der Waals surface area contributed by atoms with Crippen molar-refractivity contribution in [3.05, 3.63) is 79.7 Å². The predicted octanol–water partition coefficient (Wildman–Crippen LogP) is 3.89. The van der Waals surface area contributed by atoms with Crippen LogP contribution in [-0.2, 0) is 37.3 Å². The highest BCUT2D eigenvalue weighted by Gasteiger charge is 2.30. The van der Waals surface area contributed by atoms with Crippen LogP contribution in [0.3, 0.4) is 0 Å². The Morgan fingerprint density at radius 3 is 2.77 bits per heavy atom. The number of benzene rings is 1. The molecule has 1 aliphatic heterocycles. The molecule has 0 amide bonds. The second-order valence-corrected chi connectivity index (χ2v) is 8.18. The Balaban J connectivity index is 1.77. The summed E-state index contributed by atoms with van der Waals surface area (Å²) in [4.78, 5) is 29.6. The fourth-order valence-corrected chi connectivity index (χ4v) is 4.94. The van der Waals surface area contributed by atoms with Crippen molar-refractivity contribution in [2.45, 2.75) is 52.0 Å². The molecule has 158 valence electrons. The summed E-state index contributed by atoms with van der Waals surface area (Å²) in [7, 11) is 0. The van der Waals surface area contributed by atoms with Crippen LogP contribution in [0.4, 0.5) is 0 Å². The van der Waals surface area contributed by atoms with E-state index >= 15 is 0 Å². The van der Waals surface area contributed by atoms with Gasteiger partial charge < -0.3 is 14.4 Å². The summed E-state index contributed by atoms with van der Waals surface area (Å²) >= 11 is 0. The smallest absolute Gasteiger partial charge is 0.258 e. The van der Waals surface area contributed by atoms with Crippen molar-refractivity contribution < 1.29 is 9.84 Å². The second kappa shape index (κ2) is 7.42. The molecule has 1 aromatic carbocycles. The lowest BCUT2D eigenvalue weighted by Crippen LogP contribution is -2.25. The molecule has 0 saturated heterocycles. The average Bonchev–Trinajstić information content (AvgIpc) is 3.38. The summed E-state index contributed by atoms with van der Waals surface area (Å²) in [5.41, 5.74) is 7.11. The van der Waals surface area contributed by atoms with E-state index in [2.05, 4.69) is 23.9 Å². The van der Waals surface area contributed by atoms with Crippen LogP contribution in [0.5, 0.6) is 0 Å². The minimum absolute atomic E-state index is 0.0170. The van der Waals surface area contributed by atoms with Crippen LogP contribution in [0.2, 0.25) is 0 Å². The summed E-state index contributed by atoms with van der Waals surface area (Å²) in [5.74, 6) is 0. The maximum atomic E-state index is 13.3. The first-order valence-corrected chi connectivity index (χ1v) is 10.5. The lowest BCUT2D eigenvalue weighted by Gasteiger charge is -2.14. The number of hydrogen-bond acceptors (Lipinski definition) is 6. The van der Waals surface area contributed by atoms with Crippen molar-refractivity contribution in [1.29, 1.82) is 0 Å². The first-order chi connectivity index (χ1) is 15.1. The lowest BCUT2D eigenvalue weighted by molar-refractivity contribution is 0.234. The third-order valence-electron chi connectivity index (χ3n) is 6.52. The number of nitroso groups, excluding NO2 is 1. The van der Waals surface area contributed by atoms with E-state index in [-0.39, 0.29) is 18.8 Å². The van der Waals surface area contributed by atoms with Gasteiger partial charge in [-0.2, -0.15) is 4.91 Å². The first-order valence-electron chi connectivity index (χ1n) is 10.5. The van der Waals surface area contributed by atoms with Crippen molar-refractivity contribution in [2.24, 2.45) is 5.18 Å². The summed E-state index contributed by atoms with van der Waals surface area (Å²) in [6, 6.07) is 5.37. The normalized spacial score (nSPS) is 14.8. The number of rotatable bonds is 6. The molecule has 1 atom stereocenters. The van der Waals surface area contributed by atoms with Gasteiger partial charge in [0.2, 0.25) is 0 Å². The molecular weight excluding hydrogens is 394 g/mol. The molecule has 7 nitrogen and oxygen atoms in total. The number of aliphatic hydroxyl groups excluding tert-OH is 1. The number of nitrogens with zero attached hydrogens (tertiary/aromatic N) is 3. The zero-order valence-electron chi connectivity index (χ0n) is 17.4. The number of aromatic nitrogens is 2. The van der Waals surface area contributed by atoms with E-state index in [1.165, 1.54) is 17.4 Å². The van der Waals surface area contributed by atoms with Crippen LogP contribution >= 0.6 is 0 Å². The van der Waals surface area contributed by atoms with Crippen molar-refractivity contribution >= 4 is 10.9 Å². The van der Waals surface area contributed by atoms with E-state index in [9.17, 15) is 14.8 Å². The molecular formula is C24H23N3O4. The molecule has 0 spiro atoms. The Kier molecular flexibility index (Phi) is 4.70. The predicted molar refractivity (Wildman–Crippen MR) is 118 cm³/mol. The average molecular weight is 417 g/mol. The summed E-state index contributed by atoms with van der Waals surface area (Å²) < 4.78 is 6.92. The molecule has 2 aromatic heterocycles. The Morgan fingerprint density at radius 2 is 2.06 bits per heavy atom. The zero-order valence-corrected chi connectivity index (χ0v) is 17.4. The van der Waals surface area contributed by atoms with Gasteiger partial charge in [0.05, 0.1) is 41.9 Å². The van der Waals surface area contributed by atoms with Crippen LogP contribution in [0, 0.1) is 4.91 Å². The Morgan fingerprint density at radius 1 is 1.29 bits per heavy atom. The quantitative estimate of drug-likeness (QED) is 0.379. The number of hydrogen-bond donors (Lipinski definition) is 1. The van der Waals surface area contributed by atoms with E-state index in [1.54, 1.807) is 11.5 Å². The largest absolute Gasteiger partial charge is 0.497 e. The van der Waals surface area contributed by atoms with Crippen LogP contribution in [-0.4, -0.2) is 14.7 Å². The van der Waals surface area contributed by atoms with Crippen LogP contribution in [0.25, 0.3) is 22.3 Å². The topological polar surface area (TPSA) is 93.8 Å². The number of aliphatic hydroxyl groups is 1. The highest BCUT2D eigenvalue weighted by Crippen LogP contribution is 2.38. The summed E-state index contributed by atoms with van der Waals surface area (Å²) in [6.07, 6.45) is 4.48. The lowest BCUT2D eigenvalue weighted by atomic mass is 9.97. The molecule has 0 saturated carbocycles. The molecule has 3 heterocycles. The summed E-state index contributed by atoms with van der Waals surface area (Å²) in [6.45, 7) is 5.40. The van der Waals surface area contributed by atoms with Gasteiger partial charge in [0, 0.05) is 10.9 Å². The molecule has 1 aliphatic carbocycles. The number of aryl methyl sites for hydroxylation is 2. The molecule has 7 heteroatoms. The van der Waals surface area contributed by atoms with Crippen molar-refractivity contribution in [3.8, 4) is 11.4 Å². The van der Waals surface area contributed by atoms with E-state index in [0.29, 0.717) is 29.1 Å². The molecule has 0 radical (unpaired) electrons. The number of fused-ring (bicyclic) bond motifs is 5. The van der Waals surface area contributed by atoms with Crippen molar-refractivity contribution in [2.75, 3.05) is 0 Å². The van der Waals surface area contributed by atoms with Gasteiger partial charge in [0.15, 0.2) is 0 Å². The molecule has 2 aliphatic rings. The molecule has 0 fully saturated rings. The van der Waals surface area contributed by atoms with Gasteiger partial charge in [0.1, 0.15) is 12.6 Å². The Labute approximate surface area is 179 Å². The molecule has 3 aromatic rings. The van der Waals surface area contributed by atoms with Gasteiger partial charge in [-0.3, -0.25) is 4.79 Å². The first kappa shape index (κ1) is 19.6. The van der Waals surface area contributed by atoms with Crippen LogP contribution < -0.4 is 5.56 Å². The minimum Gasteiger partial charge on any atom is -0.497 e. The molecule has 0 bridgehead atoms. The molecule has 31 heavy (non-hydrogen) atoms. The Bertz CT molecular complexity index is 1310. The molecule has 1 unspecified atom stereocenters. The van der Waals surface area contributed by atoms with Gasteiger partial charge in [-0.25, -0.2) is 4.98 Å². The fourth-order valence-electron chi connectivity index (χ4n) is 4.94. The van der Waals surface area contributed by atoms with Gasteiger partial charge in [-0.1, -0.05) is 11.8 Å². The zero-order chi connectivity index (χ0) is 21.7. The maximum Gasteiger partial charge on any atom is 0.258 e. The van der Waals surface area contributed by atoms with Gasteiger partial charge in [0.25, 0.3) is 5.56 Å². The van der Waals surface area contributed by atoms with Gasteiger partial charge >= 0.3 is 0 Å². The summed E-state index contributed by atoms with van der Waals surface area (Å²) in [5, 5.41) is 14.3. The van der Waals surface area contributed by atoms with E-state index in [1.807, 2.05) is 6.07 Å². The van der Waals surface area contributed by atoms with E-state index in [0.717, 1.165) is 41.3 Å². The third-order valence-corrected chi connectivity index (χ3v) is 6.52. The van der Waals surface area contributed by atoms with Crippen LogP contribution in [0.15, 0.2) is 41.0 Å². The maximum absolute atomic E-state index is 13.3. The minimum atomic E-state index is -0.702. The molecule has 1 N–H and O–H groups in total. The number of ether oxygens (including phenoxy) is 1. The van der Waals surface area contributed by atoms with E-state index in [4.69, 9.17) is 9.72 Å². The van der Waals surface area contributed by atoms with Crippen molar-refractivity contribution in [1.82, 2.24) is 9.55 Å². The highest BCUT2D eigenvalue weighted by atomic mass is 16.5. The van der Waals surface area contributed by atoms with E-state index < -0.39 is 6.04 Å². The Hall–Kier alpha value is -3.32. The van der Waals surface area contributed by atoms with Crippen molar-refractivity contribution in [3.63, 3.8) is 0 Å². The standard InChI is InChI=1S/C24H23N3O4/c1-3-31-12-20-16(13(2)26-30)9-22-23-18(10-27(22)24(20)29)19(11-28)17-7-14-5-4-6-15(14)8-21(17)25-23/h3,7-9,13,28H,1,4-6,10-12H2,2H3. The highest BCUT2D eigenvalue weighted by molar-refractivity contribution is 5.89. The monoisotopic (exact) mass is 417 g/mol. The SMILES string of the molecule is C=COCc1c(C(C)N=O)cc2n(c1=O)Cc1c-2nc2cc3c(cc2c1CO)CCC3. The second-order valence-electron chi connectivity index (χ2n) is 8.18. The van der Waals surface area contributed by atoms with Crippen LogP contribution in [0.1, 0.15) is 52.8 Å².